The SMILES string of the molecule is c1ccc(COc2ccc(-c3c[nH]cc3-c3cn4c5c(cccc35)CCC4)cc2)cc1. The molecular formula is C28H24N2O. The number of ether oxygens (including phenoxy) is 1. The molecule has 31 heavy (non-hydrogen) atoms. The molecule has 0 bridgehead atoms. The molecule has 0 amide bonds. The highest BCUT2D eigenvalue weighted by Crippen LogP contribution is 2.39. The summed E-state index contributed by atoms with van der Waals surface area (Å²) in [5, 5.41) is 1.35. The van der Waals surface area contributed by atoms with E-state index in [1.165, 1.54) is 57.1 Å². The Hall–Kier alpha value is -3.72. The van der Waals surface area contributed by atoms with E-state index >= 15 is 0 Å². The largest absolute Gasteiger partial charge is 0.489 e. The molecule has 0 radical (unpaired) electrons. The van der Waals surface area contributed by atoms with Gasteiger partial charge in [0.25, 0.3) is 0 Å². The van der Waals surface area contributed by atoms with Gasteiger partial charge >= 0.3 is 0 Å². The highest BCUT2D eigenvalue weighted by Gasteiger charge is 2.19. The summed E-state index contributed by atoms with van der Waals surface area (Å²) in [7, 11) is 0. The fourth-order valence-electron chi connectivity index (χ4n) is 4.77. The summed E-state index contributed by atoms with van der Waals surface area (Å²) in [5.74, 6) is 0.886. The van der Waals surface area contributed by atoms with Crippen LogP contribution in [0.25, 0.3) is 33.2 Å². The minimum atomic E-state index is 0.581. The third-order valence-corrected chi connectivity index (χ3v) is 6.28. The summed E-state index contributed by atoms with van der Waals surface area (Å²) < 4.78 is 8.40. The standard InChI is InChI=1S/C28H24N2O/c1-2-6-20(7-3-1)19-31-23-13-11-21(12-14-23)25-16-29-17-26(25)27-18-30-15-5-9-22-8-4-10-24(27)28(22)30/h1-4,6-8,10-14,16-18,29H,5,9,15,19H2. The van der Waals surface area contributed by atoms with Gasteiger partial charge in [-0.15, -0.1) is 0 Å². The lowest BCUT2D eigenvalue weighted by Gasteiger charge is -2.14. The number of hydrogen-bond donors (Lipinski definition) is 1. The fourth-order valence-corrected chi connectivity index (χ4v) is 4.77. The van der Waals surface area contributed by atoms with E-state index in [0.29, 0.717) is 6.61 Å². The zero-order chi connectivity index (χ0) is 20.6. The smallest absolute Gasteiger partial charge is 0.119 e. The summed E-state index contributed by atoms with van der Waals surface area (Å²) in [6.07, 6.45) is 8.94. The summed E-state index contributed by atoms with van der Waals surface area (Å²) in [4.78, 5) is 3.34. The van der Waals surface area contributed by atoms with Crippen molar-refractivity contribution >= 4 is 10.9 Å². The van der Waals surface area contributed by atoms with Gasteiger partial charge in [0.15, 0.2) is 0 Å². The van der Waals surface area contributed by atoms with Gasteiger partial charge in [-0.1, -0.05) is 60.7 Å². The number of aromatic amines is 1. The van der Waals surface area contributed by atoms with Crippen molar-refractivity contribution in [2.24, 2.45) is 0 Å². The van der Waals surface area contributed by atoms with Crippen molar-refractivity contribution in [3.63, 3.8) is 0 Å². The Morgan fingerprint density at radius 3 is 2.52 bits per heavy atom. The van der Waals surface area contributed by atoms with Gasteiger partial charge in [-0.05, 0) is 41.7 Å². The van der Waals surface area contributed by atoms with Gasteiger partial charge in [0.1, 0.15) is 12.4 Å². The van der Waals surface area contributed by atoms with Crippen molar-refractivity contribution in [1.29, 1.82) is 0 Å². The van der Waals surface area contributed by atoms with Gasteiger partial charge in [0.2, 0.25) is 0 Å². The first-order valence-corrected chi connectivity index (χ1v) is 10.9. The number of benzene rings is 3. The van der Waals surface area contributed by atoms with Gasteiger partial charge in [-0.25, -0.2) is 0 Å². The minimum absolute atomic E-state index is 0.581. The Morgan fingerprint density at radius 1 is 0.806 bits per heavy atom. The number of hydrogen-bond acceptors (Lipinski definition) is 1. The summed E-state index contributed by atoms with van der Waals surface area (Å²) in [6.45, 7) is 1.68. The number of aryl methyl sites for hydroxylation is 2. The number of rotatable bonds is 5. The Morgan fingerprint density at radius 2 is 1.65 bits per heavy atom. The third kappa shape index (κ3) is 3.23. The first-order valence-electron chi connectivity index (χ1n) is 10.9. The van der Waals surface area contributed by atoms with Crippen molar-refractivity contribution in [2.75, 3.05) is 0 Å². The highest BCUT2D eigenvalue weighted by atomic mass is 16.5. The van der Waals surface area contributed by atoms with E-state index < -0.39 is 0 Å². The maximum absolute atomic E-state index is 5.96. The summed E-state index contributed by atoms with van der Waals surface area (Å²) >= 11 is 0. The summed E-state index contributed by atoms with van der Waals surface area (Å²) in [5.41, 5.74) is 9.01. The fraction of sp³-hybridized carbons (Fsp3) is 0.143. The van der Waals surface area contributed by atoms with Crippen LogP contribution < -0.4 is 4.74 Å². The molecule has 1 N–H and O–H groups in total. The van der Waals surface area contributed by atoms with E-state index in [1.807, 2.05) is 18.2 Å². The molecule has 0 spiro atoms. The minimum Gasteiger partial charge on any atom is -0.489 e. The molecule has 0 fully saturated rings. The zero-order valence-electron chi connectivity index (χ0n) is 17.3. The van der Waals surface area contributed by atoms with Crippen molar-refractivity contribution in [3.05, 3.63) is 103 Å². The monoisotopic (exact) mass is 404 g/mol. The molecule has 3 aromatic carbocycles. The third-order valence-electron chi connectivity index (χ3n) is 6.28. The van der Waals surface area contributed by atoms with Crippen LogP contribution in [0.1, 0.15) is 17.5 Å². The van der Waals surface area contributed by atoms with E-state index in [1.54, 1.807) is 0 Å². The molecule has 0 saturated heterocycles. The lowest BCUT2D eigenvalue weighted by molar-refractivity contribution is 0.306. The Kier molecular flexibility index (Phi) is 4.38. The molecule has 5 aromatic rings. The van der Waals surface area contributed by atoms with Gasteiger partial charge in [0, 0.05) is 47.2 Å². The Bertz CT molecular complexity index is 1340. The molecule has 3 heteroatoms. The Labute approximate surface area is 181 Å². The molecule has 6 rings (SSSR count). The number of aromatic nitrogens is 2. The predicted molar refractivity (Wildman–Crippen MR) is 126 cm³/mol. The zero-order valence-corrected chi connectivity index (χ0v) is 17.3. The first-order chi connectivity index (χ1) is 15.4. The number of H-pyrrole nitrogens is 1. The quantitative estimate of drug-likeness (QED) is 0.342. The number of nitrogens with one attached hydrogen (secondary N) is 1. The van der Waals surface area contributed by atoms with Crippen LogP contribution in [-0.4, -0.2) is 9.55 Å². The molecular weight excluding hydrogens is 380 g/mol. The summed E-state index contributed by atoms with van der Waals surface area (Å²) in [6, 6.07) is 25.4. The van der Waals surface area contributed by atoms with Gasteiger partial charge < -0.3 is 14.3 Å². The molecule has 3 nitrogen and oxygen atoms in total. The van der Waals surface area contributed by atoms with Gasteiger partial charge in [-0.3, -0.25) is 0 Å². The van der Waals surface area contributed by atoms with Crippen LogP contribution in [0.2, 0.25) is 0 Å². The predicted octanol–water partition coefficient (Wildman–Crippen LogP) is 6.83. The van der Waals surface area contributed by atoms with E-state index in [4.69, 9.17) is 4.74 Å². The van der Waals surface area contributed by atoms with Crippen LogP contribution in [0.4, 0.5) is 0 Å². The van der Waals surface area contributed by atoms with Gasteiger partial charge in [0.05, 0.1) is 5.52 Å². The molecule has 3 heterocycles. The average Bonchev–Trinajstić information content (AvgIpc) is 3.45. The van der Waals surface area contributed by atoms with E-state index in [-0.39, 0.29) is 0 Å². The topological polar surface area (TPSA) is 29.9 Å². The highest BCUT2D eigenvalue weighted by molar-refractivity contribution is 6.01. The van der Waals surface area contributed by atoms with Crippen molar-refractivity contribution in [1.82, 2.24) is 9.55 Å². The maximum atomic E-state index is 5.96. The van der Waals surface area contributed by atoms with E-state index in [2.05, 4.69) is 82.7 Å². The second-order valence-electron chi connectivity index (χ2n) is 8.23. The van der Waals surface area contributed by atoms with Crippen molar-refractivity contribution < 1.29 is 4.74 Å². The second-order valence-corrected chi connectivity index (χ2v) is 8.23. The first kappa shape index (κ1) is 18.1. The van der Waals surface area contributed by atoms with Crippen molar-refractivity contribution in [2.45, 2.75) is 26.0 Å². The van der Waals surface area contributed by atoms with E-state index in [0.717, 1.165) is 12.3 Å². The molecule has 0 atom stereocenters. The van der Waals surface area contributed by atoms with Crippen LogP contribution in [-0.2, 0) is 19.6 Å². The van der Waals surface area contributed by atoms with Crippen LogP contribution in [0.5, 0.6) is 5.75 Å². The lowest BCUT2D eigenvalue weighted by atomic mass is 9.97. The molecule has 0 aliphatic carbocycles. The maximum Gasteiger partial charge on any atom is 0.119 e. The van der Waals surface area contributed by atoms with Crippen LogP contribution in [0, 0.1) is 0 Å². The second kappa shape index (κ2) is 7.51. The van der Waals surface area contributed by atoms with E-state index in [9.17, 15) is 0 Å². The molecule has 2 aromatic heterocycles. The molecule has 1 aliphatic rings. The molecule has 152 valence electrons. The molecule has 0 saturated carbocycles. The molecule has 0 unspecified atom stereocenters. The Balaban J connectivity index is 1.32. The number of para-hydroxylation sites is 1. The number of nitrogens with zero attached hydrogens (tertiary/aromatic N) is 1. The lowest BCUT2D eigenvalue weighted by Crippen LogP contribution is -2.05. The normalized spacial score (nSPS) is 12.9. The van der Waals surface area contributed by atoms with Crippen molar-refractivity contribution in [3.8, 4) is 28.0 Å². The molecule has 1 aliphatic heterocycles. The van der Waals surface area contributed by atoms with Gasteiger partial charge in [-0.2, -0.15) is 0 Å². The average molecular weight is 405 g/mol. The van der Waals surface area contributed by atoms with Crippen LogP contribution in [0.3, 0.4) is 0 Å². The van der Waals surface area contributed by atoms with Crippen LogP contribution >= 0.6 is 0 Å². The van der Waals surface area contributed by atoms with Crippen LogP contribution in [0.15, 0.2) is 91.4 Å².